The lowest BCUT2D eigenvalue weighted by Crippen LogP contribution is -2.24. The van der Waals surface area contributed by atoms with Crippen molar-refractivity contribution in [2.75, 3.05) is 13.2 Å². The summed E-state index contributed by atoms with van der Waals surface area (Å²) in [6.45, 7) is 6.60. The molecule has 1 saturated heterocycles. The van der Waals surface area contributed by atoms with Crippen LogP contribution in [0.5, 0.6) is 5.75 Å². The Balaban J connectivity index is 1.30. The number of hydrogen-bond donors (Lipinski definition) is 0. The lowest BCUT2D eigenvalue weighted by molar-refractivity contribution is -0.128. The number of imidazole rings is 1. The van der Waals surface area contributed by atoms with E-state index in [9.17, 15) is 4.79 Å². The third kappa shape index (κ3) is 5.14. The minimum absolute atomic E-state index is 0.0906. The van der Waals surface area contributed by atoms with E-state index in [4.69, 9.17) is 9.72 Å². The van der Waals surface area contributed by atoms with Crippen molar-refractivity contribution in [2.24, 2.45) is 0 Å². The summed E-state index contributed by atoms with van der Waals surface area (Å²) < 4.78 is 8.41. The fourth-order valence-corrected chi connectivity index (χ4v) is 4.92. The maximum atomic E-state index is 12.9. The Morgan fingerprint density at radius 2 is 1.77 bits per heavy atom. The van der Waals surface area contributed by atoms with Crippen LogP contribution in [-0.2, 0) is 24.3 Å². The molecule has 1 atom stereocenters. The smallest absolute Gasteiger partial charge is 0.223 e. The van der Waals surface area contributed by atoms with Gasteiger partial charge in [0.05, 0.1) is 17.6 Å². The van der Waals surface area contributed by atoms with Gasteiger partial charge < -0.3 is 14.2 Å². The van der Waals surface area contributed by atoms with Gasteiger partial charge >= 0.3 is 0 Å². The number of aryl methyl sites for hydroxylation is 1. The largest absolute Gasteiger partial charge is 0.493 e. The van der Waals surface area contributed by atoms with Gasteiger partial charge in [0.25, 0.3) is 0 Å². The van der Waals surface area contributed by atoms with E-state index < -0.39 is 0 Å². The molecule has 5 nitrogen and oxygen atoms in total. The van der Waals surface area contributed by atoms with Gasteiger partial charge in [-0.2, -0.15) is 0 Å². The zero-order valence-electron chi connectivity index (χ0n) is 20.0. The van der Waals surface area contributed by atoms with Gasteiger partial charge in [-0.25, -0.2) is 4.98 Å². The van der Waals surface area contributed by atoms with Crippen LogP contribution in [0.15, 0.2) is 91.5 Å². The highest BCUT2D eigenvalue weighted by molar-refractivity contribution is 5.81. The molecule has 1 aliphatic rings. The Labute approximate surface area is 206 Å². The summed E-state index contributed by atoms with van der Waals surface area (Å²) in [5, 5.41) is 0. The van der Waals surface area contributed by atoms with Gasteiger partial charge in [-0.15, -0.1) is 6.58 Å². The lowest BCUT2D eigenvalue weighted by Gasteiger charge is -2.17. The molecule has 5 rings (SSSR count). The van der Waals surface area contributed by atoms with Gasteiger partial charge in [0.2, 0.25) is 5.91 Å². The fourth-order valence-electron chi connectivity index (χ4n) is 4.92. The number of likely N-dealkylation sites (tertiary alicyclic amines) is 1. The van der Waals surface area contributed by atoms with Crippen molar-refractivity contribution < 1.29 is 9.53 Å². The van der Waals surface area contributed by atoms with Crippen molar-refractivity contribution in [3.05, 3.63) is 108 Å². The molecule has 1 aromatic heterocycles. The van der Waals surface area contributed by atoms with Gasteiger partial charge in [0.1, 0.15) is 11.6 Å². The van der Waals surface area contributed by atoms with E-state index in [0.717, 1.165) is 53.1 Å². The Kier molecular flexibility index (Phi) is 6.94. The van der Waals surface area contributed by atoms with Crippen molar-refractivity contribution in [1.29, 1.82) is 0 Å². The fraction of sp³-hybridized carbons (Fsp3) is 0.267. The molecule has 0 N–H and O–H groups in total. The molecule has 0 bridgehead atoms. The first-order valence-electron chi connectivity index (χ1n) is 12.3. The molecule has 0 aliphatic carbocycles. The second-order valence-corrected chi connectivity index (χ2v) is 9.07. The lowest BCUT2D eigenvalue weighted by atomic mass is 10.1. The molecule has 0 saturated carbocycles. The summed E-state index contributed by atoms with van der Waals surface area (Å²) in [4.78, 5) is 19.8. The zero-order valence-corrected chi connectivity index (χ0v) is 20.0. The van der Waals surface area contributed by atoms with E-state index >= 15 is 0 Å². The van der Waals surface area contributed by atoms with E-state index in [1.807, 2.05) is 59.5 Å². The molecule has 1 unspecified atom stereocenters. The van der Waals surface area contributed by atoms with Crippen LogP contribution in [-0.4, -0.2) is 33.5 Å². The summed E-state index contributed by atoms with van der Waals surface area (Å²) in [6.07, 6.45) is 4.05. The highest BCUT2D eigenvalue weighted by Gasteiger charge is 2.33. The SMILES string of the molecule is C=CCc1ccccc1OCCCn1c(C2CC(=O)N(Cc3ccccc3)C2)nc2ccccc21. The number of amides is 1. The Hall–Kier alpha value is -3.86. The summed E-state index contributed by atoms with van der Waals surface area (Å²) in [5.41, 5.74) is 4.40. The van der Waals surface area contributed by atoms with E-state index in [2.05, 4.69) is 41.5 Å². The maximum absolute atomic E-state index is 12.9. The van der Waals surface area contributed by atoms with Crippen LogP contribution in [0, 0.1) is 0 Å². The van der Waals surface area contributed by atoms with Crippen LogP contribution in [0.4, 0.5) is 0 Å². The Morgan fingerprint density at radius 1 is 1.00 bits per heavy atom. The van der Waals surface area contributed by atoms with Gasteiger partial charge in [0, 0.05) is 32.0 Å². The number of aromatic nitrogens is 2. The molecule has 0 spiro atoms. The van der Waals surface area contributed by atoms with Gasteiger partial charge in [-0.05, 0) is 42.2 Å². The average molecular weight is 466 g/mol. The number of hydrogen-bond acceptors (Lipinski definition) is 3. The number of carbonyl (C=O) groups excluding carboxylic acids is 1. The van der Waals surface area contributed by atoms with Crippen LogP contribution in [0.25, 0.3) is 11.0 Å². The van der Waals surface area contributed by atoms with Crippen molar-refractivity contribution in [2.45, 2.75) is 38.3 Å². The number of fused-ring (bicyclic) bond motifs is 1. The number of nitrogens with zero attached hydrogens (tertiary/aromatic N) is 3. The zero-order chi connectivity index (χ0) is 24.0. The van der Waals surface area contributed by atoms with Gasteiger partial charge in [-0.3, -0.25) is 4.79 Å². The maximum Gasteiger partial charge on any atom is 0.223 e. The van der Waals surface area contributed by atoms with E-state index in [1.165, 1.54) is 0 Å². The Morgan fingerprint density at radius 3 is 2.63 bits per heavy atom. The summed E-state index contributed by atoms with van der Waals surface area (Å²) in [6, 6.07) is 26.5. The predicted octanol–water partition coefficient (Wildman–Crippen LogP) is 5.75. The molecule has 1 amide bonds. The minimum atomic E-state index is 0.0906. The second kappa shape index (κ2) is 10.6. The molecule has 1 fully saturated rings. The molecule has 1 aliphatic heterocycles. The summed E-state index contributed by atoms with van der Waals surface area (Å²) in [7, 11) is 0. The van der Waals surface area contributed by atoms with Crippen LogP contribution >= 0.6 is 0 Å². The minimum Gasteiger partial charge on any atom is -0.493 e. The predicted molar refractivity (Wildman–Crippen MR) is 139 cm³/mol. The molecule has 35 heavy (non-hydrogen) atoms. The quantitative estimate of drug-likeness (QED) is 0.221. The number of carbonyl (C=O) groups is 1. The number of allylic oxidation sites excluding steroid dienone is 1. The molecule has 4 aromatic rings. The molecule has 2 heterocycles. The van der Waals surface area contributed by atoms with Gasteiger partial charge in [0.15, 0.2) is 0 Å². The molecule has 178 valence electrons. The van der Waals surface area contributed by atoms with Crippen LogP contribution < -0.4 is 4.74 Å². The molecular weight excluding hydrogens is 434 g/mol. The first-order valence-corrected chi connectivity index (χ1v) is 12.3. The third-order valence-electron chi connectivity index (χ3n) is 6.60. The first kappa shape index (κ1) is 22.9. The van der Waals surface area contributed by atoms with Crippen LogP contribution in [0.3, 0.4) is 0 Å². The van der Waals surface area contributed by atoms with Crippen molar-refractivity contribution in [3.8, 4) is 5.75 Å². The van der Waals surface area contributed by atoms with Crippen molar-refractivity contribution in [3.63, 3.8) is 0 Å². The molecule has 3 aromatic carbocycles. The highest BCUT2D eigenvalue weighted by atomic mass is 16.5. The van der Waals surface area contributed by atoms with Gasteiger partial charge in [-0.1, -0.05) is 66.7 Å². The molecule has 5 heteroatoms. The molecular formula is C30H31N3O2. The monoisotopic (exact) mass is 465 g/mol. The first-order chi connectivity index (χ1) is 17.2. The van der Waals surface area contributed by atoms with E-state index in [0.29, 0.717) is 26.1 Å². The standard InChI is InChI=1S/C30H31N3O2/c1-2-11-24-14-6-9-17-28(24)35-19-10-18-33-27-16-8-7-15-26(27)31-30(33)25-20-29(34)32(22-25)21-23-12-4-3-5-13-23/h2-9,12-17,25H,1,10-11,18-22H2. The second-order valence-electron chi connectivity index (χ2n) is 9.07. The number of rotatable bonds is 10. The van der Waals surface area contributed by atoms with Crippen LogP contribution in [0.1, 0.15) is 35.7 Å². The topological polar surface area (TPSA) is 47.4 Å². The van der Waals surface area contributed by atoms with Crippen molar-refractivity contribution >= 4 is 16.9 Å². The Bertz CT molecular complexity index is 1310. The van der Waals surface area contributed by atoms with E-state index in [-0.39, 0.29) is 11.8 Å². The third-order valence-corrected chi connectivity index (χ3v) is 6.60. The summed E-state index contributed by atoms with van der Waals surface area (Å²) >= 11 is 0. The van der Waals surface area contributed by atoms with Crippen molar-refractivity contribution in [1.82, 2.24) is 14.5 Å². The number of benzene rings is 3. The van der Waals surface area contributed by atoms with E-state index in [1.54, 1.807) is 0 Å². The normalized spacial score (nSPS) is 15.6. The molecule has 0 radical (unpaired) electrons. The average Bonchev–Trinajstić information content (AvgIpc) is 3.43. The highest BCUT2D eigenvalue weighted by Crippen LogP contribution is 2.31. The number of para-hydroxylation sites is 3. The number of ether oxygens (including phenoxy) is 1. The summed E-state index contributed by atoms with van der Waals surface area (Å²) in [5.74, 6) is 2.20. The van der Waals surface area contributed by atoms with Crippen LogP contribution in [0.2, 0.25) is 0 Å².